The largest absolute Gasteiger partial charge is 0.394 e. The zero-order valence-corrected chi connectivity index (χ0v) is 31.1. The molecule has 1 amide bonds. The van der Waals surface area contributed by atoms with E-state index in [0.717, 1.165) is 32.1 Å². The summed E-state index contributed by atoms with van der Waals surface area (Å²) in [5, 5.41) is 23.1. The van der Waals surface area contributed by atoms with Crippen LogP contribution >= 0.6 is 0 Å². The van der Waals surface area contributed by atoms with Crippen molar-refractivity contribution in [2.45, 2.75) is 231 Å². The van der Waals surface area contributed by atoms with Gasteiger partial charge in [-0.05, 0) is 64.2 Å². The normalized spacial score (nSPS) is 13.2. The smallest absolute Gasteiger partial charge is 0.220 e. The van der Waals surface area contributed by atoms with Crippen LogP contribution in [0.15, 0.2) is 24.3 Å². The molecule has 0 rings (SSSR count). The summed E-state index contributed by atoms with van der Waals surface area (Å²) in [5.74, 6) is -0.0420. The number of amides is 1. The highest BCUT2D eigenvalue weighted by atomic mass is 16.3. The molecular formula is C42H81NO3. The molecule has 0 saturated carbocycles. The van der Waals surface area contributed by atoms with Crippen molar-refractivity contribution < 1.29 is 15.0 Å². The third-order valence-electron chi connectivity index (χ3n) is 9.43. The van der Waals surface area contributed by atoms with Gasteiger partial charge in [0.2, 0.25) is 5.91 Å². The quantitative estimate of drug-likeness (QED) is 0.0464. The summed E-state index contributed by atoms with van der Waals surface area (Å²) >= 11 is 0. The van der Waals surface area contributed by atoms with Crippen molar-refractivity contribution in [2.24, 2.45) is 0 Å². The number of rotatable bonds is 37. The molecule has 0 aromatic rings. The van der Waals surface area contributed by atoms with Crippen molar-refractivity contribution in [1.29, 1.82) is 0 Å². The number of unbranched alkanes of at least 4 members (excludes halogenated alkanes) is 26. The number of aliphatic hydroxyl groups excluding tert-OH is 2. The summed E-state index contributed by atoms with van der Waals surface area (Å²) in [4.78, 5) is 12.4. The topological polar surface area (TPSA) is 69.6 Å². The van der Waals surface area contributed by atoms with Crippen LogP contribution in [0.3, 0.4) is 0 Å². The van der Waals surface area contributed by atoms with Crippen molar-refractivity contribution in [3.05, 3.63) is 24.3 Å². The average molecular weight is 648 g/mol. The van der Waals surface area contributed by atoms with Gasteiger partial charge in [-0.25, -0.2) is 0 Å². The van der Waals surface area contributed by atoms with E-state index in [9.17, 15) is 15.0 Å². The lowest BCUT2D eigenvalue weighted by molar-refractivity contribution is -0.123. The highest BCUT2D eigenvalue weighted by molar-refractivity contribution is 5.76. The maximum Gasteiger partial charge on any atom is 0.220 e. The van der Waals surface area contributed by atoms with Crippen LogP contribution in [0.1, 0.15) is 219 Å². The van der Waals surface area contributed by atoms with Crippen molar-refractivity contribution in [1.82, 2.24) is 5.32 Å². The molecule has 0 fully saturated rings. The molecule has 0 radical (unpaired) electrons. The van der Waals surface area contributed by atoms with E-state index >= 15 is 0 Å². The first-order valence-electron chi connectivity index (χ1n) is 20.5. The summed E-state index contributed by atoms with van der Waals surface area (Å²) in [7, 11) is 0. The molecule has 0 aromatic carbocycles. The average Bonchev–Trinajstić information content (AvgIpc) is 3.06. The van der Waals surface area contributed by atoms with E-state index in [1.54, 1.807) is 0 Å². The van der Waals surface area contributed by atoms with E-state index in [-0.39, 0.29) is 12.5 Å². The van der Waals surface area contributed by atoms with Gasteiger partial charge in [-0.15, -0.1) is 0 Å². The summed E-state index contributed by atoms with van der Waals surface area (Å²) < 4.78 is 0. The van der Waals surface area contributed by atoms with Crippen LogP contribution in [0.2, 0.25) is 0 Å². The van der Waals surface area contributed by atoms with Gasteiger partial charge in [0, 0.05) is 6.42 Å². The van der Waals surface area contributed by atoms with E-state index < -0.39 is 12.1 Å². The van der Waals surface area contributed by atoms with Gasteiger partial charge in [-0.2, -0.15) is 0 Å². The summed E-state index contributed by atoms with van der Waals surface area (Å²) in [6.07, 6.45) is 48.2. The number of allylic oxidation sites excluding steroid dienone is 4. The van der Waals surface area contributed by atoms with Gasteiger partial charge in [-0.1, -0.05) is 173 Å². The van der Waals surface area contributed by atoms with Crippen LogP contribution < -0.4 is 5.32 Å². The third-order valence-corrected chi connectivity index (χ3v) is 9.43. The van der Waals surface area contributed by atoms with Crippen LogP contribution in [-0.4, -0.2) is 34.9 Å². The monoisotopic (exact) mass is 648 g/mol. The molecule has 0 bridgehead atoms. The lowest BCUT2D eigenvalue weighted by Gasteiger charge is -2.22. The lowest BCUT2D eigenvalue weighted by Crippen LogP contribution is -2.45. The number of hydrogen-bond donors (Lipinski definition) is 3. The Morgan fingerprint density at radius 1 is 0.500 bits per heavy atom. The second kappa shape index (κ2) is 38.3. The Labute approximate surface area is 288 Å². The highest BCUT2D eigenvalue weighted by Crippen LogP contribution is 2.14. The number of aliphatic hydroxyl groups is 2. The van der Waals surface area contributed by atoms with E-state index in [1.165, 1.54) is 161 Å². The standard InChI is InChI=1S/C42H81NO3/c1-3-5-7-9-11-13-15-17-18-19-20-21-22-23-24-26-28-30-32-34-36-38-42(46)43-40(39-44)41(45)37-35-33-31-29-27-25-16-14-12-10-8-6-4-2/h17-18,27,29,40-41,44-45H,3-16,19-26,28,30-39H2,1-2H3,(H,43,46)/b18-17+,29-27+/t40-,41+/m0/s1. The Morgan fingerprint density at radius 3 is 1.20 bits per heavy atom. The lowest BCUT2D eigenvalue weighted by atomic mass is 10.0. The molecule has 46 heavy (non-hydrogen) atoms. The Hall–Kier alpha value is -1.13. The highest BCUT2D eigenvalue weighted by Gasteiger charge is 2.19. The van der Waals surface area contributed by atoms with Crippen LogP contribution in [0, 0.1) is 0 Å². The molecular weight excluding hydrogens is 566 g/mol. The summed E-state index contributed by atoms with van der Waals surface area (Å²) in [5.41, 5.74) is 0. The minimum absolute atomic E-state index is 0.0420. The second-order valence-electron chi connectivity index (χ2n) is 14.0. The van der Waals surface area contributed by atoms with Crippen LogP contribution in [0.4, 0.5) is 0 Å². The van der Waals surface area contributed by atoms with Gasteiger partial charge < -0.3 is 15.5 Å². The van der Waals surface area contributed by atoms with E-state index in [4.69, 9.17) is 0 Å². The minimum atomic E-state index is -0.679. The molecule has 0 aliphatic carbocycles. The van der Waals surface area contributed by atoms with Crippen LogP contribution in [-0.2, 0) is 4.79 Å². The maximum absolute atomic E-state index is 12.4. The van der Waals surface area contributed by atoms with Crippen molar-refractivity contribution in [2.75, 3.05) is 6.61 Å². The predicted molar refractivity (Wildman–Crippen MR) is 202 cm³/mol. The number of nitrogens with one attached hydrogen (secondary N) is 1. The molecule has 0 aliphatic heterocycles. The fourth-order valence-corrected chi connectivity index (χ4v) is 6.23. The first-order chi connectivity index (χ1) is 22.7. The molecule has 0 saturated heterocycles. The van der Waals surface area contributed by atoms with Gasteiger partial charge in [0.1, 0.15) is 0 Å². The second-order valence-corrected chi connectivity index (χ2v) is 14.0. The molecule has 0 aromatic heterocycles. The fraction of sp³-hybridized carbons (Fsp3) is 0.881. The fourth-order valence-electron chi connectivity index (χ4n) is 6.23. The van der Waals surface area contributed by atoms with Crippen molar-refractivity contribution >= 4 is 5.91 Å². The number of carbonyl (C=O) groups excluding carboxylic acids is 1. The van der Waals surface area contributed by atoms with Gasteiger partial charge >= 0.3 is 0 Å². The third kappa shape index (κ3) is 34.2. The molecule has 0 spiro atoms. The first-order valence-corrected chi connectivity index (χ1v) is 20.5. The van der Waals surface area contributed by atoms with Crippen molar-refractivity contribution in [3.8, 4) is 0 Å². The molecule has 272 valence electrons. The number of hydrogen-bond acceptors (Lipinski definition) is 3. The van der Waals surface area contributed by atoms with Gasteiger partial charge in [0.15, 0.2) is 0 Å². The Morgan fingerprint density at radius 2 is 0.826 bits per heavy atom. The number of carbonyl (C=O) groups is 1. The van der Waals surface area contributed by atoms with Crippen molar-refractivity contribution in [3.63, 3.8) is 0 Å². The SMILES string of the molecule is CCCCCCCC/C=C/CCCCCCCCCCCCCC(=O)N[C@@H](CO)[C@H](O)CCCC/C=C/CCCCCCCCC. The molecule has 0 unspecified atom stereocenters. The first kappa shape index (κ1) is 44.9. The Kier molecular flexibility index (Phi) is 37.4. The Bertz CT molecular complexity index is 661. The summed E-state index contributed by atoms with van der Waals surface area (Å²) in [6.45, 7) is 4.33. The molecule has 0 aliphatic rings. The van der Waals surface area contributed by atoms with Crippen LogP contribution in [0.5, 0.6) is 0 Å². The van der Waals surface area contributed by atoms with E-state index in [1.807, 2.05) is 0 Å². The zero-order valence-electron chi connectivity index (χ0n) is 31.1. The molecule has 2 atom stereocenters. The van der Waals surface area contributed by atoms with Crippen LogP contribution in [0.25, 0.3) is 0 Å². The summed E-state index contributed by atoms with van der Waals surface area (Å²) in [6, 6.07) is -0.549. The Balaban J connectivity index is 3.53. The molecule has 3 N–H and O–H groups in total. The van der Waals surface area contributed by atoms with E-state index in [0.29, 0.717) is 12.8 Å². The predicted octanol–water partition coefficient (Wildman–Crippen LogP) is 12.5. The molecule has 4 nitrogen and oxygen atoms in total. The van der Waals surface area contributed by atoms with Gasteiger partial charge in [-0.3, -0.25) is 4.79 Å². The van der Waals surface area contributed by atoms with E-state index in [2.05, 4.69) is 43.5 Å². The van der Waals surface area contributed by atoms with Gasteiger partial charge in [0.05, 0.1) is 18.8 Å². The minimum Gasteiger partial charge on any atom is -0.394 e. The molecule has 0 heterocycles. The maximum atomic E-state index is 12.4. The zero-order chi connectivity index (χ0) is 33.6. The van der Waals surface area contributed by atoms with Gasteiger partial charge in [0.25, 0.3) is 0 Å². The molecule has 4 heteroatoms.